The van der Waals surface area contributed by atoms with Crippen LogP contribution in [0, 0.1) is 6.92 Å². The summed E-state index contributed by atoms with van der Waals surface area (Å²) in [5.74, 6) is -0.375. The Balaban J connectivity index is 2.13. The van der Waals surface area contributed by atoms with Gasteiger partial charge in [0.1, 0.15) is 0 Å². The maximum Gasteiger partial charge on any atom is 0.331 e. The zero-order chi connectivity index (χ0) is 14.3. The first-order valence-corrected chi connectivity index (χ1v) is 7.12. The predicted octanol–water partition coefficient (Wildman–Crippen LogP) is 2.37. The maximum atomic E-state index is 11.6. The van der Waals surface area contributed by atoms with E-state index in [9.17, 15) is 9.90 Å². The molecule has 1 fully saturated rings. The summed E-state index contributed by atoms with van der Waals surface area (Å²) < 4.78 is 2.38. The van der Waals surface area contributed by atoms with Crippen LogP contribution in [-0.4, -0.2) is 31.3 Å². The van der Waals surface area contributed by atoms with Gasteiger partial charge in [0, 0.05) is 10.0 Å². The van der Waals surface area contributed by atoms with Gasteiger partial charge in [0.05, 0.1) is 0 Å². The first kappa shape index (κ1) is 13.2. The fraction of sp³-hybridized carbons (Fsp3) is 0.385. The SMILES string of the molecule is Cc1cc(Br)cc(-c2nnnn2C2(C(=O)O)CCC2)c1. The Labute approximate surface area is 123 Å². The molecule has 1 aliphatic carbocycles. The lowest BCUT2D eigenvalue weighted by atomic mass is 9.76. The van der Waals surface area contributed by atoms with Gasteiger partial charge >= 0.3 is 5.97 Å². The van der Waals surface area contributed by atoms with E-state index < -0.39 is 11.5 Å². The van der Waals surface area contributed by atoms with Crippen LogP contribution in [0.1, 0.15) is 24.8 Å². The van der Waals surface area contributed by atoms with Gasteiger partial charge in [0.25, 0.3) is 0 Å². The van der Waals surface area contributed by atoms with Gasteiger partial charge in [-0.15, -0.1) is 5.10 Å². The highest BCUT2D eigenvalue weighted by Crippen LogP contribution is 2.41. The van der Waals surface area contributed by atoms with Crippen molar-refractivity contribution in [1.29, 1.82) is 0 Å². The number of aryl methyl sites for hydroxylation is 1. The Hall–Kier alpha value is -1.76. The third-order valence-electron chi connectivity index (χ3n) is 3.75. The van der Waals surface area contributed by atoms with Crippen molar-refractivity contribution in [2.45, 2.75) is 31.7 Å². The van der Waals surface area contributed by atoms with E-state index in [-0.39, 0.29) is 0 Å². The van der Waals surface area contributed by atoms with E-state index >= 15 is 0 Å². The summed E-state index contributed by atoms with van der Waals surface area (Å²) in [4.78, 5) is 11.6. The molecule has 1 aromatic heterocycles. The summed E-state index contributed by atoms with van der Waals surface area (Å²) in [5.41, 5.74) is 0.881. The average molecular weight is 337 g/mol. The van der Waals surface area contributed by atoms with Gasteiger partial charge in [0.15, 0.2) is 11.4 Å². The van der Waals surface area contributed by atoms with Crippen molar-refractivity contribution in [3.63, 3.8) is 0 Å². The van der Waals surface area contributed by atoms with E-state index in [0.717, 1.165) is 22.0 Å². The minimum atomic E-state index is -0.991. The lowest BCUT2D eigenvalue weighted by Gasteiger charge is -2.37. The van der Waals surface area contributed by atoms with Crippen molar-refractivity contribution >= 4 is 21.9 Å². The number of hydrogen-bond acceptors (Lipinski definition) is 4. The lowest BCUT2D eigenvalue weighted by molar-refractivity contribution is -0.153. The molecule has 104 valence electrons. The van der Waals surface area contributed by atoms with Crippen molar-refractivity contribution in [1.82, 2.24) is 20.2 Å². The van der Waals surface area contributed by atoms with E-state index in [2.05, 4.69) is 31.5 Å². The highest BCUT2D eigenvalue weighted by Gasteiger charge is 2.49. The fourth-order valence-corrected chi connectivity index (χ4v) is 3.16. The molecule has 2 aromatic rings. The number of nitrogens with zero attached hydrogens (tertiary/aromatic N) is 4. The van der Waals surface area contributed by atoms with Crippen molar-refractivity contribution < 1.29 is 9.90 Å². The molecule has 0 saturated heterocycles. The largest absolute Gasteiger partial charge is 0.479 e. The summed E-state index contributed by atoms with van der Waals surface area (Å²) in [7, 11) is 0. The standard InChI is InChI=1S/C13H13BrN4O2/c1-8-5-9(7-10(14)6-8)11-15-16-17-18(11)13(12(19)20)3-2-4-13/h5-7H,2-4H2,1H3,(H,19,20). The van der Waals surface area contributed by atoms with Crippen LogP contribution in [0.5, 0.6) is 0 Å². The number of carbonyl (C=O) groups is 1. The van der Waals surface area contributed by atoms with E-state index in [0.29, 0.717) is 18.7 Å². The zero-order valence-electron chi connectivity index (χ0n) is 10.9. The maximum absolute atomic E-state index is 11.6. The molecule has 7 heteroatoms. The van der Waals surface area contributed by atoms with Crippen LogP contribution in [0.4, 0.5) is 0 Å². The summed E-state index contributed by atoms with van der Waals surface area (Å²) in [6, 6.07) is 5.82. The number of hydrogen-bond donors (Lipinski definition) is 1. The third-order valence-corrected chi connectivity index (χ3v) is 4.21. The van der Waals surface area contributed by atoms with Crippen LogP contribution >= 0.6 is 15.9 Å². The number of tetrazole rings is 1. The highest BCUT2D eigenvalue weighted by molar-refractivity contribution is 9.10. The minimum absolute atomic E-state index is 0.497. The molecule has 0 radical (unpaired) electrons. The molecule has 0 amide bonds. The molecule has 0 aliphatic heterocycles. The molecule has 0 bridgehead atoms. The molecule has 1 N–H and O–H groups in total. The molecule has 1 aliphatic rings. The van der Waals surface area contributed by atoms with Crippen molar-refractivity contribution in [2.75, 3.05) is 0 Å². The predicted molar refractivity (Wildman–Crippen MR) is 75.2 cm³/mol. The van der Waals surface area contributed by atoms with Crippen molar-refractivity contribution in [3.8, 4) is 11.4 Å². The Morgan fingerprint density at radius 1 is 1.40 bits per heavy atom. The topological polar surface area (TPSA) is 80.9 Å². The number of aliphatic carboxylic acids is 1. The molecule has 0 atom stereocenters. The number of carboxylic acid groups (broad SMARTS) is 1. The van der Waals surface area contributed by atoms with Gasteiger partial charge in [-0.05, 0) is 60.4 Å². The number of halogens is 1. The second-order valence-corrected chi connectivity index (χ2v) is 6.04. The lowest BCUT2D eigenvalue weighted by Crippen LogP contribution is -2.48. The molecule has 3 rings (SSSR count). The van der Waals surface area contributed by atoms with Gasteiger partial charge in [-0.3, -0.25) is 0 Å². The Kier molecular flexibility index (Phi) is 3.08. The van der Waals surface area contributed by atoms with Gasteiger partial charge < -0.3 is 5.11 Å². The quantitative estimate of drug-likeness (QED) is 0.930. The molecule has 1 heterocycles. The van der Waals surface area contributed by atoms with Gasteiger partial charge in [0.2, 0.25) is 0 Å². The molecule has 0 unspecified atom stereocenters. The number of rotatable bonds is 3. The number of carboxylic acids is 1. The van der Waals surface area contributed by atoms with Gasteiger partial charge in [-0.2, -0.15) is 0 Å². The Morgan fingerprint density at radius 3 is 2.70 bits per heavy atom. The summed E-state index contributed by atoms with van der Waals surface area (Å²) >= 11 is 3.44. The van der Waals surface area contributed by atoms with Crippen LogP contribution in [0.2, 0.25) is 0 Å². The van der Waals surface area contributed by atoms with E-state index in [1.54, 1.807) is 0 Å². The normalized spacial score (nSPS) is 16.7. The molecule has 0 spiro atoms. The third kappa shape index (κ3) is 1.93. The molecule has 1 saturated carbocycles. The second-order valence-electron chi connectivity index (χ2n) is 5.12. The minimum Gasteiger partial charge on any atom is -0.479 e. The number of benzene rings is 1. The van der Waals surface area contributed by atoms with Crippen LogP contribution in [0.15, 0.2) is 22.7 Å². The van der Waals surface area contributed by atoms with E-state index in [1.807, 2.05) is 25.1 Å². The van der Waals surface area contributed by atoms with Crippen LogP contribution < -0.4 is 0 Å². The first-order valence-electron chi connectivity index (χ1n) is 6.33. The summed E-state index contributed by atoms with van der Waals surface area (Å²) in [6.45, 7) is 1.97. The molecular formula is C13H13BrN4O2. The first-order chi connectivity index (χ1) is 9.53. The van der Waals surface area contributed by atoms with Crippen LogP contribution in [-0.2, 0) is 10.3 Å². The average Bonchev–Trinajstić information content (AvgIpc) is 2.74. The molecule has 6 nitrogen and oxygen atoms in total. The van der Waals surface area contributed by atoms with Crippen LogP contribution in [0.3, 0.4) is 0 Å². The second kappa shape index (κ2) is 4.66. The molecular weight excluding hydrogens is 324 g/mol. The highest BCUT2D eigenvalue weighted by atomic mass is 79.9. The summed E-state index contributed by atoms with van der Waals surface area (Å²) in [5, 5.41) is 21.1. The Morgan fingerprint density at radius 2 is 2.15 bits per heavy atom. The monoisotopic (exact) mass is 336 g/mol. The van der Waals surface area contributed by atoms with Crippen molar-refractivity contribution in [2.24, 2.45) is 0 Å². The van der Waals surface area contributed by atoms with E-state index in [4.69, 9.17) is 0 Å². The fourth-order valence-electron chi connectivity index (χ4n) is 2.55. The van der Waals surface area contributed by atoms with Gasteiger partial charge in [-0.25, -0.2) is 9.48 Å². The Bertz CT molecular complexity index is 659. The van der Waals surface area contributed by atoms with Crippen LogP contribution in [0.25, 0.3) is 11.4 Å². The smallest absolute Gasteiger partial charge is 0.331 e. The number of aromatic nitrogens is 4. The summed E-state index contributed by atoms with van der Waals surface area (Å²) in [6.07, 6.45) is 2.00. The molecule has 20 heavy (non-hydrogen) atoms. The van der Waals surface area contributed by atoms with Crippen molar-refractivity contribution in [3.05, 3.63) is 28.2 Å². The van der Waals surface area contributed by atoms with E-state index in [1.165, 1.54) is 4.68 Å². The zero-order valence-corrected chi connectivity index (χ0v) is 12.5. The van der Waals surface area contributed by atoms with Gasteiger partial charge in [-0.1, -0.05) is 15.9 Å². The molecule has 1 aromatic carbocycles.